The monoisotopic (exact) mass is 170 g/mol. The van der Waals surface area contributed by atoms with Crippen molar-refractivity contribution in [3.8, 4) is 0 Å². The Kier molecular flexibility index (Phi) is 9.71. The molecular weight excluding hydrogens is 155 g/mol. The zero-order chi connectivity index (χ0) is 6.62. The van der Waals surface area contributed by atoms with Gasteiger partial charge in [-0.25, -0.2) is 0 Å². The van der Waals surface area contributed by atoms with Crippen LogP contribution in [0.1, 0.15) is 19.8 Å². The molecule has 0 radical (unpaired) electrons. The standard InChI is InChI=1S/C6H15OSi.K/c1-4-5-6-8(2,3)7;/h4-6H2,1-3H3;/q-1;+1. The van der Waals surface area contributed by atoms with Crippen LogP contribution in [0.5, 0.6) is 0 Å². The molecule has 0 unspecified atom stereocenters. The van der Waals surface area contributed by atoms with E-state index in [0.717, 1.165) is 12.5 Å². The van der Waals surface area contributed by atoms with Crippen LogP contribution in [0.3, 0.4) is 0 Å². The molecule has 1 nitrogen and oxygen atoms in total. The zero-order valence-corrected chi connectivity index (χ0v) is 11.2. The van der Waals surface area contributed by atoms with Crippen LogP contribution in [0.25, 0.3) is 0 Å². The SMILES string of the molecule is CCCC[Si](C)(C)[O-].[K+]. The molecule has 0 rings (SSSR count). The summed E-state index contributed by atoms with van der Waals surface area (Å²) in [5, 5.41) is 0. The first kappa shape index (κ1) is 13.4. The molecule has 0 fully saturated rings. The predicted molar refractivity (Wildman–Crippen MR) is 37.2 cm³/mol. The fourth-order valence-electron chi connectivity index (χ4n) is 0.602. The van der Waals surface area contributed by atoms with E-state index in [1.165, 1.54) is 6.42 Å². The molecular formula is C6H15KOSi. The fourth-order valence-corrected chi connectivity index (χ4v) is 1.81. The minimum Gasteiger partial charge on any atom is -0.859 e. The van der Waals surface area contributed by atoms with Crippen LogP contribution in [0.2, 0.25) is 19.1 Å². The van der Waals surface area contributed by atoms with Gasteiger partial charge in [-0.1, -0.05) is 47.2 Å². The third kappa shape index (κ3) is 12.9. The maximum atomic E-state index is 11.0. The average molecular weight is 170 g/mol. The van der Waals surface area contributed by atoms with Gasteiger partial charge in [-0.15, -0.1) is 0 Å². The molecule has 0 aromatic heterocycles. The van der Waals surface area contributed by atoms with Gasteiger partial charge in [-0.3, -0.25) is 0 Å². The molecule has 0 aliphatic heterocycles. The number of unbranched alkanes of at least 4 members (excludes halogenated alkanes) is 1. The van der Waals surface area contributed by atoms with Crippen molar-refractivity contribution in [2.45, 2.75) is 38.9 Å². The maximum Gasteiger partial charge on any atom is 1.00 e. The molecule has 0 atom stereocenters. The first-order valence-corrected chi connectivity index (χ1v) is 6.38. The Hall–Kier alpha value is 1.81. The zero-order valence-electron chi connectivity index (χ0n) is 7.03. The first-order valence-electron chi connectivity index (χ1n) is 3.26. The molecule has 0 N–H and O–H groups in total. The first-order chi connectivity index (χ1) is 3.56. The third-order valence-corrected chi connectivity index (χ3v) is 2.69. The second-order valence-electron chi connectivity index (χ2n) is 2.86. The summed E-state index contributed by atoms with van der Waals surface area (Å²) in [5.74, 6) is 0. The molecule has 0 aromatic rings. The molecule has 0 aliphatic rings. The van der Waals surface area contributed by atoms with Gasteiger partial charge >= 0.3 is 51.4 Å². The van der Waals surface area contributed by atoms with E-state index in [2.05, 4.69) is 6.92 Å². The van der Waals surface area contributed by atoms with Crippen molar-refractivity contribution in [1.29, 1.82) is 0 Å². The molecule has 0 saturated heterocycles. The maximum absolute atomic E-state index is 11.0. The van der Waals surface area contributed by atoms with Crippen molar-refractivity contribution in [2.75, 3.05) is 0 Å². The molecule has 50 valence electrons. The van der Waals surface area contributed by atoms with Gasteiger partial charge in [0.25, 0.3) is 0 Å². The van der Waals surface area contributed by atoms with Crippen LogP contribution in [0.15, 0.2) is 0 Å². The molecule has 0 amide bonds. The van der Waals surface area contributed by atoms with Gasteiger partial charge in [-0.05, 0) is 0 Å². The van der Waals surface area contributed by atoms with Gasteiger partial charge in [0, 0.05) is 0 Å². The molecule has 0 aliphatic carbocycles. The Labute approximate surface area is 102 Å². The summed E-state index contributed by atoms with van der Waals surface area (Å²) >= 11 is 0. The van der Waals surface area contributed by atoms with Crippen LogP contribution >= 0.6 is 0 Å². The predicted octanol–water partition coefficient (Wildman–Crippen LogP) is -1.64. The van der Waals surface area contributed by atoms with E-state index in [9.17, 15) is 4.80 Å². The Morgan fingerprint density at radius 1 is 1.33 bits per heavy atom. The minimum absolute atomic E-state index is 0. The van der Waals surface area contributed by atoms with Crippen molar-refractivity contribution in [2.24, 2.45) is 0 Å². The third-order valence-electron chi connectivity index (χ3n) is 1.13. The summed E-state index contributed by atoms with van der Waals surface area (Å²) in [6.07, 6.45) is 2.29. The van der Waals surface area contributed by atoms with E-state index < -0.39 is 8.32 Å². The molecule has 0 bridgehead atoms. The van der Waals surface area contributed by atoms with Crippen molar-refractivity contribution >= 4 is 8.32 Å². The van der Waals surface area contributed by atoms with E-state index in [1.54, 1.807) is 0 Å². The smallest absolute Gasteiger partial charge is 0.859 e. The molecule has 0 spiro atoms. The second-order valence-corrected chi connectivity index (χ2v) is 6.88. The largest absolute Gasteiger partial charge is 1.00 e. The van der Waals surface area contributed by atoms with E-state index in [1.807, 2.05) is 13.1 Å². The molecule has 0 aromatic carbocycles. The van der Waals surface area contributed by atoms with Crippen LogP contribution < -0.4 is 56.2 Å². The quantitative estimate of drug-likeness (QED) is 0.466. The van der Waals surface area contributed by atoms with Gasteiger partial charge in [0.05, 0.1) is 0 Å². The molecule has 3 heteroatoms. The average Bonchev–Trinajstić information content (AvgIpc) is 1.59. The summed E-state index contributed by atoms with van der Waals surface area (Å²) in [6, 6.07) is 0.948. The topological polar surface area (TPSA) is 23.1 Å². The van der Waals surface area contributed by atoms with Crippen molar-refractivity contribution in [3.63, 3.8) is 0 Å². The van der Waals surface area contributed by atoms with Crippen LogP contribution in [0, 0.1) is 0 Å². The van der Waals surface area contributed by atoms with E-state index in [4.69, 9.17) is 0 Å². The Bertz CT molecular complexity index is 60.6. The Morgan fingerprint density at radius 2 is 1.78 bits per heavy atom. The van der Waals surface area contributed by atoms with E-state index in [0.29, 0.717) is 0 Å². The normalized spacial score (nSPS) is 10.7. The van der Waals surface area contributed by atoms with Crippen LogP contribution in [-0.2, 0) is 0 Å². The van der Waals surface area contributed by atoms with Crippen LogP contribution in [0.4, 0.5) is 0 Å². The Balaban J connectivity index is 0. The summed E-state index contributed by atoms with van der Waals surface area (Å²) in [6.45, 7) is 5.88. The molecule has 0 heterocycles. The molecule has 9 heavy (non-hydrogen) atoms. The number of hydrogen-bond donors (Lipinski definition) is 0. The summed E-state index contributed by atoms with van der Waals surface area (Å²) in [7, 11) is -1.93. The van der Waals surface area contributed by atoms with Crippen molar-refractivity contribution < 1.29 is 56.2 Å². The minimum atomic E-state index is -1.93. The van der Waals surface area contributed by atoms with E-state index in [-0.39, 0.29) is 51.4 Å². The fraction of sp³-hybridized carbons (Fsp3) is 1.00. The summed E-state index contributed by atoms with van der Waals surface area (Å²) in [4.78, 5) is 11.0. The summed E-state index contributed by atoms with van der Waals surface area (Å²) < 4.78 is 0. The van der Waals surface area contributed by atoms with Gasteiger partial charge in [0.2, 0.25) is 0 Å². The van der Waals surface area contributed by atoms with Gasteiger partial charge in [-0.2, -0.15) is 0 Å². The van der Waals surface area contributed by atoms with Crippen LogP contribution in [-0.4, -0.2) is 8.32 Å². The summed E-state index contributed by atoms with van der Waals surface area (Å²) in [5.41, 5.74) is 0. The number of rotatable bonds is 3. The number of hydrogen-bond acceptors (Lipinski definition) is 1. The Morgan fingerprint density at radius 3 is 1.89 bits per heavy atom. The van der Waals surface area contributed by atoms with Crippen molar-refractivity contribution in [3.05, 3.63) is 0 Å². The second kappa shape index (κ2) is 6.52. The van der Waals surface area contributed by atoms with E-state index >= 15 is 0 Å². The van der Waals surface area contributed by atoms with Gasteiger partial charge in [0.1, 0.15) is 0 Å². The van der Waals surface area contributed by atoms with Crippen molar-refractivity contribution in [1.82, 2.24) is 0 Å². The van der Waals surface area contributed by atoms with Gasteiger partial charge < -0.3 is 4.80 Å². The molecule has 0 saturated carbocycles. The van der Waals surface area contributed by atoms with Gasteiger partial charge in [0.15, 0.2) is 0 Å².